The standard InChI is InChI=1S/C24H19FO5/c1-28-17-12-14-23(29-2)19(15-17)21(26)13-11-16-7-3-6-10-22(16)30-24(27)18-8-4-5-9-20(18)25/h3-15H,1-2H3. The molecule has 30 heavy (non-hydrogen) atoms. The van der Waals surface area contributed by atoms with E-state index >= 15 is 0 Å². The van der Waals surface area contributed by atoms with Gasteiger partial charge in [0.2, 0.25) is 0 Å². The Labute approximate surface area is 173 Å². The molecule has 0 atom stereocenters. The molecular weight excluding hydrogens is 387 g/mol. The number of hydrogen-bond donors (Lipinski definition) is 0. The lowest BCUT2D eigenvalue weighted by molar-refractivity contribution is 0.0729. The fraction of sp³-hybridized carbons (Fsp3) is 0.0833. The predicted molar refractivity (Wildman–Crippen MR) is 111 cm³/mol. The third kappa shape index (κ3) is 4.72. The van der Waals surface area contributed by atoms with Gasteiger partial charge in [-0.25, -0.2) is 9.18 Å². The minimum absolute atomic E-state index is 0.173. The van der Waals surface area contributed by atoms with Crippen molar-refractivity contribution in [2.24, 2.45) is 0 Å². The summed E-state index contributed by atoms with van der Waals surface area (Å²) >= 11 is 0. The Balaban J connectivity index is 1.84. The largest absolute Gasteiger partial charge is 0.497 e. The van der Waals surface area contributed by atoms with Crippen molar-refractivity contribution in [3.8, 4) is 17.2 Å². The summed E-state index contributed by atoms with van der Waals surface area (Å²) in [6.07, 6.45) is 2.86. The molecule has 0 amide bonds. The van der Waals surface area contributed by atoms with Crippen LogP contribution in [0.1, 0.15) is 26.3 Å². The van der Waals surface area contributed by atoms with Crippen molar-refractivity contribution in [2.45, 2.75) is 0 Å². The van der Waals surface area contributed by atoms with Gasteiger partial charge in [0, 0.05) is 5.56 Å². The van der Waals surface area contributed by atoms with E-state index in [9.17, 15) is 14.0 Å². The number of carbonyl (C=O) groups is 2. The lowest BCUT2D eigenvalue weighted by Gasteiger charge is -2.09. The Morgan fingerprint density at radius 1 is 0.833 bits per heavy atom. The van der Waals surface area contributed by atoms with Crippen molar-refractivity contribution in [3.63, 3.8) is 0 Å². The van der Waals surface area contributed by atoms with Gasteiger partial charge < -0.3 is 14.2 Å². The summed E-state index contributed by atoms with van der Waals surface area (Å²) in [6, 6.07) is 17.1. The molecule has 0 aliphatic rings. The van der Waals surface area contributed by atoms with E-state index in [1.54, 1.807) is 48.5 Å². The van der Waals surface area contributed by atoms with Crippen molar-refractivity contribution in [1.82, 2.24) is 0 Å². The molecule has 0 spiro atoms. The zero-order chi connectivity index (χ0) is 21.5. The monoisotopic (exact) mass is 406 g/mol. The number of halogens is 1. The highest BCUT2D eigenvalue weighted by Gasteiger charge is 2.15. The van der Waals surface area contributed by atoms with Gasteiger partial charge in [-0.15, -0.1) is 0 Å². The number of carbonyl (C=O) groups excluding carboxylic acids is 2. The van der Waals surface area contributed by atoms with Crippen LogP contribution in [0.5, 0.6) is 17.2 Å². The molecule has 0 aliphatic heterocycles. The second-order valence-corrected chi connectivity index (χ2v) is 6.17. The smallest absolute Gasteiger partial charge is 0.346 e. The molecule has 3 aromatic carbocycles. The fourth-order valence-electron chi connectivity index (χ4n) is 2.75. The molecule has 0 heterocycles. The van der Waals surface area contributed by atoms with Crippen molar-refractivity contribution >= 4 is 17.8 Å². The average Bonchev–Trinajstić information content (AvgIpc) is 2.78. The summed E-state index contributed by atoms with van der Waals surface area (Å²) < 4.78 is 29.6. The summed E-state index contributed by atoms with van der Waals surface area (Å²) in [5.74, 6) is -0.685. The van der Waals surface area contributed by atoms with Gasteiger partial charge in [-0.1, -0.05) is 30.3 Å². The van der Waals surface area contributed by atoms with Gasteiger partial charge in [-0.3, -0.25) is 4.79 Å². The molecule has 0 radical (unpaired) electrons. The van der Waals surface area contributed by atoms with Gasteiger partial charge in [0.05, 0.1) is 25.3 Å². The zero-order valence-corrected chi connectivity index (χ0v) is 16.4. The number of hydrogen-bond acceptors (Lipinski definition) is 5. The zero-order valence-electron chi connectivity index (χ0n) is 16.4. The Morgan fingerprint density at radius 3 is 2.30 bits per heavy atom. The molecule has 0 fully saturated rings. The fourth-order valence-corrected chi connectivity index (χ4v) is 2.75. The van der Waals surface area contributed by atoms with Gasteiger partial charge in [0.25, 0.3) is 0 Å². The van der Waals surface area contributed by atoms with Gasteiger partial charge in [0.15, 0.2) is 5.78 Å². The highest BCUT2D eigenvalue weighted by molar-refractivity contribution is 6.09. The molecule has 5 nitrogen and oxygen atoms in total. The highest BCUT2D eigenvalue weighted by Crippen LogP contribution is 2.26. The maximum atomic E-state index is 13.8. The molecule has 6 heteroatoms. The first kappa shape index (κ1) is 20.8. The van der Waals surface area contributed by atoms with Gasteiger partial charge in [-0.05, 0) is 48.6 Å². The first-order valence-electron chi connectivity index (χ1n) is 9.03. The van der Waals surface area contributed by atoms with Crippen molar-refractivity contribution < 1.29 is 28.2 Å². The predicted octanol–water partition coefficient (Wildman–Crippen LogP) is 4.96. The van der Waals surface area contributed by atoms with Crippen LogP contribution in [-0.2, 0) is 0 Å². The third-order valence-corrected chi connectivity index (χ3v) is 4.30. The Morgan fingerprint density at radius 2 is 1.57 bits per heavy atom. The summed E-state index contributed by atoms with van der Waals surface area (Å²) in [5, 5.41) is 0. The summed E-state index contributed by atoms with van der Waals surface area (Å²) in [5.41, 5.74) is 0.639. The molecule has 0 unspecified atom stereocenters. The number of esters is 1. The van der Waals surface area contributed by atoms with Crippen LogP contribution in [0.4, 0.5) is 4.39 Å². The van der Waals surface area contributed by atoms with E-state index in [-0.39, 0.29) is 17.1 Å². The first-order chi connectivity index (χ1) is 14.5. The SMILES string of the molecule is COc1ccc(OC)c(C(=O)C=Cc2ccccc2OC(=O)c2ccccc2F)c1. The molecule has 152 valence electrons. The Bertz CT molecular complexity index is 1100. The van der Waals surface area contributed by atoms with Crippen LogP contribution in [0, 0.1) is 5.82 Å². The second kappa shape index (κ2) is 9.52. The van der Waals surface area contributed by atoms with Crippen LogP contribution >= 0.6 is 0 Å². The lowest BCUT2D eigenvalue weighted by Crippen LogP contribution is -2.11. The number of para-hydroxylation sites is 1. The summed E-state index contributed by atoms with van der Waals surface area (Å²) in [6.45, 7) is 0. The van der Waals surface area contributed by atoms with Gasteiger partial charge in [0.1, 0.15) is 23.1 Å². The molecule has 0 aliphatic carbocycles. The average molecular weight is 406 g/mol. The number of allylic oxidation sites excluding steroid dienone is 1. The maximum Gasteiger partial charge on any atom is 0.346 e. The number of benzene rings is 3. The van der Waals surface area contributed by atoms with Crippen molar-refractivity contribution in [1.29, 1.82) is 0 Å². The van der Waals surface area contributed by atoms with E-state index in [0.29, 0.717) is 22.6 Å². The molecule has 0 saturated carbocycles. The molecule has 3 aromatic rings. The topological polar surface area (TPSA) is 61.8 Å². The quantitative estimate of drug-likeness (QED) is 0.240. The normalized spacial score (nSPS) is 10.6. The highest BCUT2D eigenvalue weighted by atomic mass is 19.1. The van der Waals surface area contributed by atoms with E-state index in [0.717, 1.165) is 0 Å². The maximum absolute atomic E-state index is 13.8. The minimum Gasteiger partial charge on any atom is -0.497 e. The van der Waals surface area contributed by atoms with E-state index in [2.05, 4.69) is 0 Å². The van der Waals surface area contributed by atoms with E-state index in [1.165, 1.54) is 44.6 Å². The van der Waals surface area contributed by atoms with Crippen LogP contribution in [0.2, 0.25) is 0 Å². The molecule has 0 N–H and O–H groups in total. The van der Waals surface area contributed by atoms with Crippen molar-refractivity contribution in [2.75, 3.05) is 14.2 Å². The van der Waals surface area contributed by atoms with Crippen LogP contribution in [0.25, 0.3) is 6.08 Å². The van der Waals surface area contributed by atoms with E-state index in [1.807, 2.05) is 0 Å². The number of methoxy groups -OCH3 is 2. The van der Waals surface area contributed by atoms with Crippen molar-refractivity contribution in [3.05, 3.63) is 95.3 Å². The van der Waals surface area contributed by atoms with Gasteiger partial charge in [-0.2, -0.15) is 0 Å². The second-order valence-electron chi connectivity index (χ2n) is 6.17. The summed E-state index contributed by atoms with van der Waals surface area (Å²) in [7, 11) is 2.98. The Hall–Kier alpha value is -3.93. The third-order valence-electron chi connectivity index (χ3n) is 4.30. The van der Waals surface area contributed by atoms with Crippen LogP contribution in [0.15, 0.2) is 72.8 Å². The van der Waals surface area contributed by atoms with Gasteiger partial charge >= 0.3 is 5.97 Å². The minimum atomic E-state index is -0.824. The van der Waals surface area contributed by atoms with Crippen LogP contribution in [-0.4, -0.2) is 26.0 Å². The van der Waals surface area contributed by atoms with E-state index in [4.69, 9.17) is 14.2 Å². The Kier molecular flexibility index (Phi) is 6.60. The molecule has 0 bridgehead atoms. The number of ketones is 1. The lowest BCUT2D eigenvalue weighted by atomic mass is 10.1. The van der Waals surface area contributed by atoms with E-state index < -0.39 is 11.8 Å². The first-order valence-corrected chi connectivity index (χ1v) is 9.03. The summed E-state index contributed by atoms with van der Waals surface area (Å²) in [4.78, 5) is 25.0. The van der Waals surface area contributed by atoms with Crippen LogP contribution in [0.3, 0.4) is 0 Å². The molecule has 0 aromatic heterocycles. The number of ether oxygens (including phenoxy) is 3. The molecule has 3 rings (SSSR count). The molecule has 0 saturated heterocycles. The number of rotatable bonds is 7. The van der Waals surface area contributed by atoms with Crippen LogP contribution < -0.4 is 14.2 Å². The molecular formula is C24H19FO5.